The molecular formula is C23H18F3NO5. The number of hydrogen-bond donors (Lipinski definition) is 1. The van der Waals surface area contributed by atoms with E-state index in [1.165, 1.54) is 12.1 Å². The maximum absolute atomic E-state index is 13.2. The third kappa shape index (κ3) is 4.02. The molecule has 1 aromatic heterocycles. The smallest absolute Gasteiger partial charge is 0.433 e. The van der Waals surface area contributed by atoms with Crippen LogP contribution < -0.4 is 0 Å². The maximum atomic E-state index is 13.2. The number of alkyl halides is 3. The number of hydrogen-bond acceptors (Lipinski definition) is 6. The maximum Gasteiger partial charge on any atom is 0.433 e. The summed E-state index contributed by atoms with van der Waals surface area (Å²) in [5.74, 6) is -3.29. The van der Waals surface area contributed by atoms with E-state index >= 15 is 0 Å². The number of fused-ring (bicyclic) bond motifs is 2. The molecule has 0 spiro atoms. The van der Waals surface area contributed by atoms with Gasteiger partial charge in [0.25, 0.3) is 0 Å². The number of allylic oxidation sites excluding steroid dienone is 2. The topological polar surface area (TPSA) is 93.6 Å². The van der Waals surface area contributed by atoms with Crippen LogP contribution in [0.5, 0.6) is 0 Å². The molecule has 2 aliphatic rings. The molecule has 1 saturated carbocycles. The molecule has 6 nitrogen and oxygen atoms in total. The molecule has 2 atom stereocenters. The zero-order valence-electron chi connectivity index (χ0n) is 16.7. The number of aliphatic hydroxyl groups excluding tert-OH is 1. The molecular weight excluding hydrogens is 427 g/mol. The van der Waals surface area contributed by atoms with Crippen LogP contribution in [0.25, 0.3) is 0 Å². The van der Waals surface area contributed by atoms with Crippen molar-refractivity contribution in [3.8, 4) is 0 Å². The molecule has 1 aromatic carbocycles. The molecule has 9 heteroatoms. The lowest BCUT2D eigenvalue weighted by Gasteiger charge is -2.21. The van der Waals surface area contributed by atoms with Gasteiger partial charge in [0.15, 0.2) is 5.78 Å². The van der Waals surface area contributed by atoms with E-state index in [0.29, 0.717) is 25.3 Å². The van der Waals surface area contributed by atoms with Crippen molar-refractivity contribution >= 4 is 17.5 Å². The Balaban J connectivity index is 1.68. The minimum absolute atomic E-state index is 0.173. The van der Waals surface area contributed by atoms with Crippen molar-refractivity contribution in [3.63, 3.8) is 0 Å². The van der Waals surface area contributed by atoms with Gasteiger partial charge in [-0.15, -0.1) is 0 Å². The van der Waals surface area contributed by atoms with E-state index in [1.807, 2.05) is 0 Å². The Hall–Kier alpha value is -3.49. The molecule has 166 valence electrons. The van der Waals surface area contributed by atoms with Crippen molar-refractivity contribution < 1.29 is 37.4 Å². The number of carbonyl (C=O) groups is 3. The standard InChI is InChI=1S/C23H18F3NO5/c24-23(25,26)17-9-8-15(16(27-17)11-32-22(31)12-4-2-1-3-5-12)21(30)18-19(28)13-6-7-14(10-13)20(18)29/h1-5,8-9,13-14,28H,6-7,10-11H2. The van der Waals surface area contributed by atoms with E-state index in [4.69, 9.17) is 4.74 Å². The zero-order valence-corrected chi connectivity index (χ0v) is 16.7. The molecule has 32 heavy (non-hydrogen) atoms. The Morgan fingerprint density at radius 2 is 1.75 bits per heavy atom. The van der Waals surface area contributed by atoms with Crippen molar-refractivity contribution in [3.05, 3.63) is 76.3 Å². The summed E-state index contributed by atoms with van der Waals surface area (Å²) in [5.41, 5.74) is -2.28. The first-order chi connectivity index (χ1) is 15.2. The van der Waals surface area contributed by atoms with Gasteiger partial charge in [0.05, 0.1) is 11.3 Å². The Morgan fingerprint density at radius 1 is 1.06 bits per heavy atom. The number of aromatic nitrogens is 1. The first-order valence-corrected chi connectivity index (χ1v) is 9.98. The zero-order chi connectivity index (χ0) is 23.0. The summed E-state index contributed by atoms with van der Waals surface area (Å²) in [4.78, 5) is 41.5. The fourth-order valence-corrected chi connectivity index (χ4v) is 4.13. The average molecular weight is 445 g/mol. The van der Waals surface area contributed by atoms with Crippen LogP contribution in [0.15, 0.2) is 53.8 Å². The molecule has 0 aliphatic heterocycles. The summed E-state index contributed by atoms with van der Waals surface area (Å²) in [6, 6.07) is 9.30. The number of esters is 1. The number of Topliss-reactive ketones (excluding diaryl/α,β-unsaturated/α-hetero) is 2. The van der Waals surface area contributed by atoms with Crippen molar-refractivity contribution in [2.75, 3.05) is 0 Å². The number of ether oxygens (including phenoxy) is 1. The Bertz CT molecular complexity index is 1120. The quantitative estimate of drug-likeness (QED) is 0.415. The van der Waals surface area contributed by atoms with Gasteiger partial charge in [0, 0.05) is 17.4 Å². The van der Waals surface area contributed by atoms with Crippen molar-refractivity contribution in [1.29, 1.82) is 0 Å². The lowest BCUT2D eigenvalue weighted by Crippen LogP contribution is -2.28. The second kappa shape index (κ2) is 8.22. The van der Waals surface area contributed by atoms with Crippen molar-refractivity contribution in [1.82, 2.24) is 4.98 Å². The van der Waals surface area contributed by atoms with Gasteiger partial charge in [0.1, 0.15) is 23.6 Å². The van der Waals surface area contributed by atoms with Gasteiger partial charge in [-0.1, -0.05) is 18.2 Å². The highest BCUT2D eigenvalue weighted by molar-refractivity contribution is 6.28. The van der Waals surface area contributed by atoms with E-state index in [9.17, 15) is 32.7 Å². The normalized spacial score (nSPS) is 20.4. The van der Waals surface area contributed by atoms with Gasteiger partial charge in [-0.05, 0) is 43.5 Å². The van der Waals surface area contributed by atoms with Gasteiger partial charge in [-0.25, -0.2) is 9.78 Å². The van der Waals surface area contributed by atoms with Crippen LogP contribution in [0.1, 0.15) is 51.4 Å². The first kappa shape index (κ1) is 21.7. The Morgan fingerprint density at radius 3 is 2.44 bits per heavy atom. The highest BCUT2D eigenvalue weighted by Gasteiger charge is 2.44. The second-order valence-electron chi connectivity index (χ2n) is 7.79. The minimum Gasteiger partial charge on any atom is -0.511 e. The van der Waals surface area contributed by atoms with Gasteiger partial charge >= 0.3 is 12.1 Å². The number of carbonyl (C=O) groups excluding carboxylic acids is 3. The van der Waals surface area contributed by atoms with Crippen LogP contribution in [0.3, 0.4) is 0 Å². The number of halogens is 3. The lowest BCUT2D eigenvalue weighted by molar-refractivity contribution is -0.141. The third-order valence-corrected chi connectivity index (χ3v) is 5.78. The summed E-state index contributed by atoms with van der Waals surface area (Å²) in [6.07, 6.45) is -3.24. The minimum atomic E-state index is -4.79. The Labute approximate surface area is 180 Å². The molecule has 2 unspecified atom stereocenters. The summed E-state index contributed by atoms with van der Waals surface area (Å²) >= 11 is 0. The lowest BCUT2D eigenvalue weighted by atomic mass is 9.83. The summed E-state index contributed by atoms with van der Waals surface area (Å²) in [5, 5.41) is 10.5. The van der Waals surface area contributed by atoms with Crippen LogP contribution in [0.4, 0.5) is 13.2 Å². The largest absolute Gasteiger partial charge is 0.511 e. The number of ketones is 2. The molecule has 0 saturated heterocycles. The summed E-state index contributed by atoms with van der Waals surface area (Å²) < 4.78 is 44.7. The van der Waals surface area contributed by atoms with Crippen molar-refractivity contribution in [2.45, 2.75) is 32.0 Å². The monoisotopic (exact) mass is 445 g/mol. The number of pyridine rings is 1. The van der Waals surface area contributed by atoms with Crippen LogP contribution in [0, 0.1) is 11.8 Å². The molecule has 1 fully saturated rings. The van der Waals surface area contributed by atoms with E-state index in [0.717, 1.165) is 6.07 Å². The number of nitrogens with zero attached hydrogens (tertiary/aromatic N) is 1. The van der Waals surface area contributed by atoms with Crippen LogP contribution >= 0.6 is 0 Å². The summed E-state index contributed by atoms with van der Waals surface area (Å²) in [7, 11) is 0. The van der Waals surface area contributed by atoms with E-state index in [1.54, 1.807) is 18.2 Å². The van der Waals surface area contributed by atoms with Crippen LogP contribution in [-0.2, 0) is 22.3 Å². The van der Waals surface area contributed by atoms with Crippen molar-refractivity contribution in [2.24, 2.45) is 11.8 Å². The van der Waals surface area contributed by atoms with Gasteiger partial charge < -0.3 is 9.84 Å². The van der Waals surface area contributed by atoms with Crippen LogP contribution in [-0.4, -0.2) is 27.6 Å². The predicted octanol–water partition coefficient (Wildman–Crippen LogP) is 4.45. The first-order valence-electron chi connectivity index (χ1n) is 9.98. The number of aliphatic hydroxyl groups is 1. The van der Waals surface area contributed by atoms with Gasteiger partial charge in [0.2, 0.25) is 5.78 Å². The molecule has 0 radical (unpaired) electrons. The van der Waals surface area contributed by atoms with E-state index in [2.05, 4.69) is 4.98 Å². The molecule has 4 rings (SSSR count). The highest BCUT2D eigenvalue weighted by Crippen LogP contribution is 2.43. The third-order valence-electron chi connectivity index (χ3n) is 5.78. The highest BCUT2D eigenvalue weighted by atomic mass is 19.4. The average Bonchev–Trinajstić information content (AvgIpc) is 3.23. The number of rotatable bonds is 5. The molecule has 1 heterocycles. The van der Waals surface area contributed by atoms with Gasteiger partial charge in [-0.3, -0.25) is 9.59 Å². The predicted molar refractivity (Wildman–Crippen MR) is 105 cm³/mol. The fourth-order valence-electron chi connectivity index (χ4n) is 4.13. The number of benzene rings is 1. The molecule has 0 amide bonds. The SMILES string of the molecule is O=C(OCc1nc(C(F)(F)F)ccc1C(=O)C1=C(O)C2CCC(C2)C1=O)c1ccccc1. The molecule has 1 N–H and O–H groups in total. The van der Waals surface area contributed by atoms with E-state index < -0.39 is 53.2 Å². The van der Waals surface area contributed by atoms with E-state index in [-0.39, 0.29) is 22.8 Å². The molecule has 2 aliphatic carbocycles. The van der Waals surface area contributed by atoms with Crippen LogP contribution in [0.2, 0.25) is 0 Å². The Kier molecular flexibility index (Phi) is 5.58. The van der Waals surface area contributed by atoms with Gasteiger partial charge in [-0.2, -0.15) is 13.2 Å². The summed E-state index contributed by atoms with van der Waals surface area (Å²) in [6.45, 7) is -0.714. The fraction of sp³-hybridized carbons (Fsp3) is 0.304. The molecule has 2 aromatic rings. The second-order valence-corrected chi connectivity index (χ2v) is 7.79. The molecule has 2 bridgehead atoms.